The molecule has 0 aromatic rings. The molecule has 1 saturated heterocycles. The van der Waals surface area contributed by atoms with Crippen LogP contribution in [0, 0.1) is 0 Å². The lowest BCUT2D eigenvalue weighted by Crippen LogP contribution is -2.41. The number of alkyl halides is 1. The first-order valence-corrected chi connectivity index (χ1v) is 3.67. The Morgan fingerprint density at radius 1 is 1.67 bits per heavy atom. The van der Waals surface area contributed by atoms with Gasteiger partial charge in [0.25, 0.3) is 0 Å². The maximum atomic E-state index is 5.68. The van der Waals surface area contributed by atoms with Crippen LogP contribution in [0.3, 0.4) is 0 Å². The molecule has 0 aromatic heterocycles. The summed E-state index contributed by atoms with van der Waals surface area (Å²) in [6.45, 7) is 1.97. The molecule has 54 valence electrons. The van der Waals surface area contributed by atoms with E-state index >= 15 is 0 Å². The molecule has 1 fully saturated rings. The van der Waals surface area contributed by atoms with E-state index in [0.29, 0.717) is 12.1 Å². The van der Waals surface area contributed by atoms with Crippen LogP contribution in [0.1, 0.15) is 0 Å². The summed E-state index contributed by atoms with van der Waals surface area (Å²) in [5.74, 6) is 0. The highest BCUT2D eigenvalue weighted by Crippen LogP contribution is 2.13. The number of hydrogen-bond acceptors (Lipinski definition) is 1. The molecule has 0 saturated carbocycles. The zero-order valence-corrected chi connectivity index (χ0v) is 6.69. The second-order valence-electron chi connectivity index (χ2n) is 3.19. The number of rotatable bonds is 3. The van der Waals surface area contributed by atoms with E-state index in [-0.39, 0.29) is 0 Å². The van der Waals surface area contributed by atoms with Crippen LogP contribution >= 0.6 is 11.6 Å². The van der Waals surface area contributed by atoms with Crippen LogP contribution in [0.25, 0.3) is 0 Å². The van der Waals surface area contributed by atoms with Crippen LogP contribution in [0.2, 0.25) is 0 Å². The van der Waals surface area contributed by atoms with Crippen molar-refractivity contribution in [2.24, 2.45) is 0 Å². The Morgan fingerprint density at radius 2 is 2.22 bits per heavy atom. The summed E-state index contributed by atoms with van der Waals surface area (Å²) in [4.78, 5) is 0. The van der Waals surface area contributed by atoms with Crippen molar-refractivity contribution in [2.75, 3.05) is 33.3 Å². The first kappa shape index (κ1) is 7.32. The lowest BCUT2D eigenvalue weighted by atomic mass is 10.4. The fourth-order valence-electron chi connectivity index (χ4n) is 0.774. The molecular weight excluding hydrogens is 138 g/mol. The smallest absolute Gasteiger partial charge is 0.154 e. The Hall–Kier alpha value is 0.210. The average molecular weight is 151 g/mol. The fraction of sp³-hybridized carbons (Fsp3) is 1.00. The highest BCUT2D eigenvalue weighted by molar-refractivity contribution is 6.16. The van der Waals surface area contributed by atoms with Gasteiger partial charge in [0, 0.05) is 0 Å². The summed E-state index contributed by atoms with van der Waals surface area (Å²) in [6, 6.07) is 0.667. The van der Waals surface area contributed by atoms with Gasteiger partial charge < -0.3 is 9.22 Å². The Labute approximate surface area is 60.9 Å². The van der Waals surface area contributed by atoms with E-state index < -0.39 is 0 Å². The van der Waals surface area contributed by atoms with Crippen LogP contribution in [-0.4, -0.2) is 43.8 Å². The highest BCUT2D eigenvalue weighted by atomic mass is 35.5. The van der Waals surface area contributed by atoms with Crippen LogP contribution in [0.5, 0.6) is 0 Å². The molecule has 0 N–H and O–H groups in total. The molecule has 0 spiro atoms. The second kappa shape index (κ2) is 2.45. The number of hydrogen-bond donors (Lipinski definition) is 0. The zero-order chi connectivity index (χ0) is 6.91. The summed E-state index contributed by atoms with van der Waals surface area (Å²) in [6.07, 6.45) is 0.485. The Balaban J connectivity index is 2.21. The molecule has 1 unspecified atom stereocenters. The number of ether oxygens (including phenoxy) is 1. The minimum Gasteiger partial charge on any atom is -0.367 e. The minimum atomic E-state index is 0.485. The molecule has 2 nitrogen and oxygen atoms in total. The molecule has 0 bridgehead atoms. The number of likely N-dealkylation sites (N-methyl/N-ethyl adjacent to an activating group) is 1. The van der Waals surface area contributed by atoms with Gasteiger partial charge in [-0.05, 0) is 0 Å². The van der Waals surface area contributed by atoms with Gasteiger partial charge in [0.2, 0.25) is 0 Å². The second-order valence-corrected chi connectivity index (χ2v) is 3.43. The first-order chi connectivity index (χ1) is 4.14. The molecule has 9 heavy (non-hydrogen) atoms. The minimum absolute atomic E-state index is 0.485. The monoisotopic (exact) mass is 150 g/mol. The van der Waals surface area contributed by atoms with Crippen molar-refractivity contribution >= 4 is 11.6 Å². The van der Waals surface area contributed by atoms with E-state index in [4.69, 9.17) is 16.3 Å². The maximum Gasteiger partial charge on any atom is 0.154 e. The highest BCUT2D eigenvalue weighted by Gasteiger charge is 2.30. The third kappa shape index (κ3) is 2.52. The van der Waals surface area contributed by atoms with Crippen molar-refractivity contribution in [2.45, 2.75) is 6.10 Å². The third-order valence-corrected chi connectivity index (χ3v) is 2.07. The van der Waals surface area contributed by atoms with Crippen LogP contribution < -0.4 is 0 Å². The topological polar surface area (TPSA) is 12.5 Å². The predicted molar refractivity (Wildman–Crippen MR) is 37.4 cm³/mol. The first-order valence-electron chi connectivity index (χ1n) is 3.14. The lowest BCUT2D eigenvalue weighted by molar-refractivity contribution is -0.879. The van der Waals surface area contributed by atoms with Gasteiger partial charge in [-0.15, -0.1) is 0 Å². The van der Waals surface area contributed by atoms with Crippen molar-refractivity contribution < 1.29 is 9.22 Å². The summed E-state index contributed by atoms with van der Waals surface area (Å²) < 4.78 is 5.93. The quantitative estimate of drug-likeness (QED) is 0.249. The SMILES string of the molecule is C[N+](C)(CCl)CC1CO1. The van der Waals surface area contributed by atoms with Gasteiger partial charge in [0.1, 0.15) is 12.6 Å². The standard InChI is InChI=1S/C6H13ClNO/c1-8(2,5-7)3-6-4-9-6/h6H,3-5H2,1-2H3/q+1. The van der Waals surface area contributed by atoms with E-state index in [1.54, 1.807) is 0 Å². The molecule has 1 rings (SSSR count). The number of halogens is 1. The molecule has 0 aliphatic carbocycles. The third-order valence-electron chi connectivity index (χ3n) is 1.42. The van der Waals surface area contributed by atoms with Crippen LogP contribution in [0.15, 0.2) is 0 Å². The Kier molecular flexibility index (Phi) is 1.99. The predicted octanol–water partition coefficient (Wildman–Crippen LogP) is 0.658. The van der Waals surface area contributed by atoms with Gasteiger partial charge >= 0.3 is 0 Å². The average Bonchev–Trinajstić information content (AvgIpc) is 2.50. The summed E-state index contributed by atoms with van der Waals surface area (Å²) in [5, 5.41) is 0. The van der Waals surface area contributed by atoms with Gasteiger partial charge in [-0.1, -0.05) is 11.6 Å². The summed E-state index contributed by atoms with van der Waals surface area (Å²) in [7, 11) is 4.21. The molecule has 0 radical (unpaired) electrons. The summed E-state index contributed by atoms with van der Waals surface area (Å²) >= 11 is 5.68. The molecule has 0 aromatic carbocycles. The van der Waals surface area contributed by atoms with Crippen molar-refractivity contribution in [3.63, 3.8) is 0 Å². The molecule has 1 heterocycles. The van der Waals surface area contributed by atoms with Crippen LogP contribution in [0.4, 0.5) is 0 Å². The number of nitrogens with zero attached hydrogens (tertiary/aromatic N) is 1. The summed E-state index contributed by atoms with van der Waals surface area (Å²) in [5.41, 5.74) is 0. The Bertz CT molecular complexity index is 101. The fourth-order valence-corrected chi connectivity index (χ4v) is 0.871. The van der Waals surface area contributed by atoms with E-state index in [1.807, 2.05) is 0 Å². The van der Waals surface area contributed by atoms with Gasteiger partial charge in [-0.25, -0.2) is 0 Å². The maximum absolute atomic E-state index is 5.68. The normalized spacial score (nSPS) is 26.3. The van der Waals surface area contributed by atoms with E-state index in [2.05, 4.69) is 14.1 Å². The lowest BCUT2D eigenvalue weighted by Gasteiger charge is -2.25. The largest absolute Gasteiger partial charge is 0.367 e. The molecular formula is C6H13ClNO+. The Morgan fingerprint density at radius 3 is 2.56 bits per heavy atom. The molecule has 1 aliphatic heterocycles. The van der Waals surface area contributed by atoms with Crippen molar-refractivity contribution in [1.29, 1.82) is 0 Å². The van der Waals surface area contributed by atoms with Gasteiger partial charge in [-0.3, -0.25) is 0 Å². The number of quaternary nitrogens is 1. The van der Waals surface area contributed by atoms with Crippen molar-refractivity contribution in [1.82, 2.24) is 0 Å². The van der Waals surface area contributed by atoms with Gasteiger partial charge in [0.05, 0.1) is 20.7 Å². The van der Waals surface area contributed by atoms with Gasteiger partial charge in [0.15, 0.2) is 6.00 Å². The molecule has 0 amide bonds. The number of epoxide rings is 1. The van der Waals surface area contributed by atoms with Crippen LogP contribution in [-0.2, 0) is 4.74 Å². The molecule has 1 aliphatic rings. The van der Waals surface area contributed by atoms with Gasteiger partial charge in [-0.2, -0.15) is 0 Å². The van der Waals surface area contributed by atoms with E-state index in [9.17, 15) is 0 Å². The molecule has 3 heteroatoms. The van der Waals surface area contributed by atoms with E-state index in [1.165, 1.54) is 0 Å². The van der Waals surface area contributed by atoms with E-state index in [0.717, 1.165) is 17.6 Å². The zero-order valence-electron chi connectivity index (χ0n) is 5.93. The molecule has 1 atom stereocenters. The van der Waals surface area contributed by atoms with Crippen molar-refractivity contribution in [3.8, 4) is 0 Å². The van der Waals surface area contributed by atoms with Crippen molar-refractivity contribution in [3.05, 3.63) is 0 Å².